The first-order chi connectivity index (χ1) is 13.2. The summed E-state index contributed by atoms with van der Waals surface area (Å²) >= 11 is 0. The highest BCUT2D eigenvalue weighted by atomic mass is 35.5. The van der Waals surface area contributed by atoms with Gasteiger partial charge in [-0.1, -0.05) is 18.9 Å². The van der Waals surface area contributed by atoms with Crippen LogP contribution in [0.3, 0.4) is 0 Å². The lowest BCUT2D eigenvalue weighted by molar-refractivity contribution is -0.131. The minimum atomic E-state index is -0.241. The zero-order valence-electron chi connectivity index (χ0n) is 16.4. The molecule has 0 spiro atoms. The second-order valence-electron chi connectivity index (χ2n) is 8.49. The number of benzene rings is 1. The predicted octanol–water partition coefficient (Wildman–Crippen LogP) is 4.89. The van der Waals surface area contributed by atoms with Gasteiger partial charge in [0.15, 0.2) is 0 Å². The summed E-state index contributed by atoms with van der Waals surface area (Å²) in [6, 6.07) is 11.0. The molecular weight excluding hydrogens is 374 g/mol. The summed E-state index contributed by atoms with van der Waals surface area (Å²) in [6.45, 7) is 3.49. The van der Waals surface area contributed by atoms with Crippen LogP contribution in [0.4, 0.5) is 0 Å². The summed E-state index contributed by atoms with van der Waals surface area (Å²) in [5.74, 6) is 2.22. The van der Waals surface area contributed by atoms with Gasteiger partial charge in [-0.2, -0.15) is 0 Å². The van der Waals surface area contributed by atoms with E-state index in [0.29, 0.717) is 17.7 Å². The summed E-state index contributed by atoms with van der Waals surface area (Å²) < 4.78 is 11.1. The molecule has 3 aliphatic rings. The van der Waals surface area contributed by atoms with Crippen LogP contribution in [0.5, 0.6) is 5.75 Å². The Labute approximate surface area is 172 Å². The third-order valence-electron chi connectivity index (χ3n) is 7.12. The molecular formula is C23H28ClNO3. The SMILES string of the molecule is CC(=O)Oc1ccc2c(c1)[C@@]13CCCC[C@H]1[C@@H](C2)N(Cc1ccco1)CC3.Cl. The predicted molar refractivity (Wildman–Crippen MR) is 110 cm³/mol. The maximum atomic E-state index is 11.4. The Kier molecular flexibility index (Phi) is 5.28. The molecule has 2 aliphatic carbocycles. The molecule has 2 heterocycles. The molecule has 4 nitrogen and oxygen atoms in total. The van der Waals surface area contributed by atoms with Crippen LogP contribution < -0.4 is 4.74 Å². The number of halogens is 1. The Balaban J connectivity index is 0.00000192. The van der Waals surface area contributed by atoms with Gasteiger partial charge in [-0.15, -0.1) is 12.4 Å². The minimum absolute atomic E-state index is 0. The molecule has 1 aromatic carbocycles. The van der Waals surface area contributed by atoms with E-state index in [0.717, 1.165) is 25.3 Å². The van der Waals surface area contributed by atoms with Crippen LogP contribution in [-0.2, 0) is 23.2 Å². The topological polar surface area (TPSA) is 42.7 Å². The Bertz CT molecular complexity index is 850. The quantitative estimate of drug-likeness (QED) is 0.542. The van der Waals surface area contributed by atoms with Crippen LogP contribution in [0, 0.1) is 5.92 Å². The van der Waals surface area contributed by atoms with Gasteiger partial charge in [-0.05, 0) is 73.5 Å². The van der Waals surface area contributed by atoms with Crippen LogP contribution in [-0.4, -0.2) is 23.5 Å². The van der Waals surface area contributed by atoms with Crippen molar-refractivity contribution >= 4 is 18.4 Å². The van der Waals surface area contributed by atoms with E-state index in [2.05, 4.69) is 23.1 Å². The van der Waals surface area contributed by atoms with Gasteiger partial charge >= 0.3 is 5.97 Å². The van der Waals surface area contributed by atoms with Crippen molar-refractivity contribution in [1.29, 1.82) is 0 Å². The number of furan rings is 1. The molecule has 0 amide bonds. The summed E-state index contributed by atoms with van der Waals surface area (Å²) in [5.41, 5.74) is 3.16. The highest BCUT2D eigenvalue weighted by Crippen LogP contribution is 2.56. The first kappa shape index (κ1) is 19.5. The molecule has 0 unspecified atom stereocenters. The summed E-state index contributed by atoms with van der Waals surface area (Å²) in [5, 5.41) is 0. The third-order valence-corrected chi connectivity index (χ3v) is 7.12. The Morgan fingerprint density at radius 2 is 2.18 bits per heavy atom. The fraction of sp³-hybridized carbons (Fsp3) is 0.522. The monoisotopic (exact) mass is 401 g/mol. The molecule has 5 rings (SSSR count). The van der Waals surface area contributed by atoms with Crippen molar-refractivity contribution in [2.75, 3.05) is 6.54 Å². The van der Waals surface area contributed by atoms with E-state index in [1.54, 1.807) is 6.26 Å². The van der Waals surface area contributed by atoms with Crippen molar-refractivity contribution in [3.05, 3.63) is 53.5 Å². The van der Waals surface area contributed by atoms with Crippen molar-refractivity contribution in [3.63, 3.8) is 0 Å². The van der Waals surface area contributed by atoms with Crippen LogP contribution in [0.1, 0.15) is 55.9 Å². The number of carbonyl (C=O) groups excluding carboxylic acids is 1. The lowest BCUT2D eigenvalue weighted by Gasteiger charge is -2.59. The van der Waals surface area contributed by atoms with Gasteiger partial charge < -0.3 is 9.15 Å². The molecule has 28 heavy (non-hydrogen) atoms. The van der Waals surface area contributed by atoms with Gasteiger partial charge in [-0.3, -0.25) is 9.69 Å². The molecule has 2 bridgehead atoms. The third kappa shape index (κ3) is 3.17. The van der Waals surface area contributed by atoms with Crippen molar-refractivity contribution in [1.82, 2.24) is 4.90 Å². The number of hydrogen-bond donors (Lipinski definition) is 0. The number of rotatable bonds is 3. The molecule has 3 atom stereocenters. The zero-order valence-corrected chi connectivity index (χ0v) is 17.2. The molecule has 1 aromatic heterocycles. The van der Waals surface area contributed by atoms with Crippen molar-refractivity contribution < 1.29 is 13.9 Å². The molecule has 0 N–H and O–H groups in total. The van der Waals surface area contributed by atoms with E-state index in [1.807, 2.05) is 12.1 Å². The second-order valence-corrected chi connectivity index (χ2v) is 8.49. The average molecular weight is 402 g/mol. The van der Waals surface area contributed by atoms with Gasteiger partial charge in [0.05, 0.1) is 12.8 Å². The van der Waals surface area contributed by atoms with Crippen LogP contribution >= 0.6 is 12.4 Å². The van der Waals surface area contributed by atoms with E-state index < -0.39 is 0 Å². The van der Waals surface area contributed by atoms with Gasteiger partial charge in [-0.25, -0.2) is 0 Å². The molecule has 2 fully saturated rings. The van der Waals surface area contributed by atoms with Crippen LogP contribution in [0.15, 0.2) is 41.0 Å². The Hall–Kier alpha value is -1.78. The maximum Gasteiger partial charge on any atom is 0.308 e. The number of ether oxygens (including phenoxy) is 1. The molecule has 1 saturated heterocycles. The van der Waals surface area contributed by atoms with E-state index in [-0.39, 0.29) is 23.8 Å². The summed E-state index contributed by atoms with van der Waals surface area (Å²) in [4.78, 5) is 14.1. The first-order valence-electron chi connectivity index (χ1n) is 10.2. The number of likely N-dealkylation sites (tertiary alicyclic amines) is 1. The van der Waals surface area contributed by atoms with Crippen molar-refractivity contribution in [2.24, 2.45) is 5.92 Å². The van der Waals surface area contributed by atoms with Crippen molar-refractivity contribution in [3.8, 4) is 5.75 Å². The van der Waals surface area contributed by atoms with E-state index in [4.69, 9.17) is 9.15 Å². The van der Waals surface area contributed by atoms with E-state index in [1.165, 1.54) is 50.2 Å². The van der Waals surface area contributed by atoms with E-state index >= 15 is 0 Å². The molecule has 150 valence electrons. The van der Waals surface area contributed by atoms with Gasteiger partial charge in [0.25, 0.3) is 0 Å². The summed E-state index contributed by atoms with van der Waals surface area (Å²) in [6.07, 6.45) is 9.25. The highest BCUT2D eigenvalue weighted by molar-refractivity contribution is 5.85. The molecule has 1 saturated carbocycles. The number of fused-ring (bicyclic) bond motifs is 1. The molecule has 5 heteroatoms. The van der Waals surface area contributed by atoms with Crippen LogP contribution in [0.2, 0.25) is 0 Å². The normalized spacial score (nSPS) is 28.6. The fourth-order valence-corrected chi connectivity index (χ4v) is 6.09. The smallest absolute Gasteiger partial charge is 0.308 e. The molecule has 2 aromatic rings. The van der Waals surface area contributed by atoms with Gasteiger partial charge in [0, 0.05) is 18.4 Å². The minimum Gasteiger partial charge on any atom is -0.468 e. The largest absolute Gasteiger partial charge is 0.468 e. The lowest BCUT2D eigenvalue weighted by Crippen LogP contribution is -2.60. The van der Waals surface area contributed by atoms with Gasteiger partial charge in [0.1, 0.15) is 11.5 Å². The first-order valence-corrected chi connectivity index (χ1v) is 10.2. The van der Waals surface area contributed by atoms with Crippen molar-refractivity contribution in [2.45, 2.75) is 63.5 Å². The van der Waals surface area contributed by atoms with Gasteiger partial charge in [0.2, 0.25) is 0 Å². The number of esters is 1. The van der Waals surface area contributed by atoms with E-state index in [9.17, 15) is 4.79 Å². The number of piperidine rings is 1. The molecule has 1 aliphatic heterocycles. The maximum absolute atomic E-state index is 11.4. The summed E-state index contributed by atoms with van der Waals surface area (Å²) in [7, 11) is 0. The Morgan fingerprint density at radius 1 is 1.29 bits per heavy atom. The number of nitrogens with zero attached hydrogens (tertiary/aromatic N) is 1. The zero-order chi connectivity index (χ0) is 18.4. The van der Waals surface area contributed by atoms with Crippen LogP contribution in [0.25, 0.3) is 0 Å². The number of hydrogen-bond acceptors (Lipinski definition) is 4. The highest BCUT2D eigenvalue weighted by Gasteiger charge is 2.53. The fourth-order valence-electron chi connectivity index (χ4n) is 6.09. The average Bonchev–Trinajstić information content (AvgIpc) is 3.17. The molecule has 0 radical (unpaired) electrons. The second kappa shape index (κ2) is 7.57. The number of carbonyl (C=O) groups is 1. The lowest BCUT2D eigenvalue weighted by atomic mass is 9.52. The standard InChI is InChI=1S/C23H27NO3.ClH/c1-16(25)27-18-8-7-17-13-22-20-6-2-3-9-23(20,21(17)14-18)10-11-24(22)15-19-5-4-12-26-19;/h4-5,7-8,12,14,20,22H,2-3,6,9-11,13,15H2,1H3;1H/t20-,22+,23+;/m0./s1. The Morgan fingerprint density at radius 3 is 2.96 bits per heavy atom.